The Morgan fingerprint density at radius 2 is 1.95 bits per heavy atom. The Morgan fingerprint density at radius 3 is 2.62 bits per heavy atom. The fourth-order valence-corrected chi connectivity index (χ4v) is 3.46. The number of hydrogen-bond donors (Lipinski definition) is 1. The van der Waals surface area contributed by atoms with Crippen LogP contribution in [-0.4, -0.2) is 32.6 Å². The van der Waals surface area contributed by atoms with Crippen LogP contribution >= 0.6 is 0 Å². The van der Waals surface area contributed by atoms with E-state index in [9.17, 15) is 4.79 Å². The van der Waals surface area contributed by atoms with E-state index in [-0.39, 0.29) is 5.92 Å². The molecule has 114 valence electrons. The first-order valence-electron chi connectivity index (χ1n) is 7.93. The van der Waals surface area contributed by atoms with Gasteiger partial charge in [-0.15, -0.1) is 0 Å². The zero-order valence-electron chi connectivity index (χ0n) is 13.0. The summed E-state index contributed by atoms with van der Waals surface area (Å²) in [6, 6.07) is 6.73. The molecule has 3 rings (SSSR count). The number of rotatable bonds is 2. The van der Waals surface area contributed by atoms with Crippen molar-refractivity contribution in [2.45, 2.75) is 38.1 Å². The van der Waals surface area contributed by atoms with Crippen LogP contribution in [0.1, 0.15) is 31.2 Å². The van der Waals surface area contributed by atoms with Crippen LogP contribution in [0.15, 0.2) is 18.2 Å². The molecule has 0 bridgehead atoms. The summed E-state index contributed by atoms with van der Waals surface area (Å²) >= 11 is 0. The van der Waals surface area contributed by atoms with Crippen molar-refractivity contribution in [1.29, 1.82) is 0 Å². The van der Waals surface area contributed by atoms with Crippen LogP contribution in [0.5, 0.6) is 0 Å². The molecular weight excluding hydrogens is 262 g/mol. The largest absolute Gasteiger partial charge is 0.378 e. The quantitative estimate of drug-likeness (QED) is 0.907. The van der Waals surface area contributed by atoms with Gasteiger partial charge < -0.3 is 15.5 Å². The number of nitrogens with two attached hydrogens (primary N) is 1. The van der Waals surface area contributed by atoms with Crippen LogP contribution in [0, 0.1) is 5.92 Å². The number of anilines is 2. The molecule has 1 aliphatic heterocycles. The molecule has 21 heavy (non-hydrogen) atoms. The third-order valence-electron chi connectivity index (χ3n) is 4.87. The molecule has 1 heterocycles. The Balaban J connectivity index is 1.79. The van der Waals surface area contributed by atoms with Crippen molar-refractivity contribution in [3.05, 3.63) is 23.8 Å². The lowest BCUT2D eigenvalue weighted by Crippen LogP contribution is -2.38. The van der Waals surface area contributed by atoms with Crippen molar-refractivity contribution >= 4 is 17.3 Å². The van der Waals surface area contributed by atoms with Crippen molar-refractivity contribution in [1.82, 2.24) is 0 Å². The topological polar surface area (TPSA) is 49.6 Å². The predicted octanol–water partition coefficient (Wildman–Crippen LogP) is 2.16. The molecule has 1 amide bonds. The fraction of sp³-hybridized carbons (Fsp3) is 0.588. The van der Waals surface area contributed by atoms with E-state index >= 15 is 0 Å². The molecule has 2 N–H and O–H groups in total. The van der Waals surface area contributed by atoms with Crippen LogP contribution < -0.4 is 15.5 Å². The average molecular weight is 287 g/mol. The highest BCUT2D eigenvalue weighted by molar-refractivity contribution is 5.97. The number of amides is 1. The molecule has 2 aliphatic rings. The van der Waals surface area contributed by atoms with Crippen molar-refractivity contribution in [3.63, 3.8) is 0 Å². The molecular formula is C17H25N3O. The smallest absolute Gasteiger partial charge is 0.230 e. The maximum absolute atomic E-state index is 12.8. The SMILES string of the molecule is CN(C)c1ccc2c(c1)N(C(=O)C1CCC(N)CC1)CC2. The Morgan fingerprint density at radius 1 is 1.24 bits per heavy atom. The third-order valence-corrected chi connectivity index (χ3v) is 4.87. The van der Waals surface area contributed by atoms with E-state index in [1.807, 2.05) is 19.0 Å². The third kappa shape index (κ3) is 2.77. The number of benzene rings is 1. The summed E-state index contributed by atoms with van der Waals surface area (Å²) in [6.07, 6.45) is 4.82. The minimum Gasteiger partial charge on any atom is -0.378 e. The van der Waals surface area contributed by atoms with E-state index in [1.165, 1.54) is 5.56 Å². The van der Waals surface area contributed by atoms with Crippen molar-refractivity contribution < 1.29 is 4.79 Å². The predicted molar refractivity (Wildman–Crippen MR) is 86.8 cm³/mol. The van der Waals surface area contributed by atoms with Gasteiger partial charge in [0.15, 0.2) is 0 Å². The van der Waals surface area contributed by atoms with Gasteiger partial charge in [0.1, 0.15) is 0 Å². The normalized spacial score (nSPS) is 24.8. The highest BCUT2D eigenvalue weighted by Gasteiger charge is 2.32. The van der Waals surface area contributed by atoms with E-state index < -0.39 is 0 Å². The zero-order valence-corrected chi connectivity index (χ0v) is 13.0. The highest BCUT2D eigenvalue weighted by Crippen LogP contribution is 2.35. The molecule has 4 nitrogen and oxygen atoms in total. The Bertz CT molecular complexity index is 533. The van der Waals surface area contributed by atoms with Crippen molar-refractivity contribution in [2.24, 2.45) is 11.7 Å². The van der Waals surface area contributed by atoms with Crippen LogP contribution in [0.2, 0.25) is 0 Å². The van der Waals surface area contributed by atoms with Crippen LogP contribution in [0.3, 0.4) is 0 Å². The molecule has 0 spiro atoms. The minimum absolute atomic E-state index is 0.166. The van der Waals surface area contributed by atoms with Crippen LogP contribution in [0.25, 0.3) is 0 Å². The second kappa shape index (κ2) is 5.68. The van der Waals surface area contributed by atoms with E-state index in [1.54, 1.807) is 0 Å². The molecule has 0 atom stereocenters. The molecule has 0 radical (unpaired) electrons. The lowest BCUT2D eigenvalue weighted by Gasteiger charge is -2.29. The highest BCUT2D eigenvalue weighted by atomic mass is 16.2. The van der Waals surface area contributed by atoms with Gasteiger partial charge >= 0.3 is 0 Å². The van der Waals surface area contributed by atoms with Crippen LogP contribution in [0.4, 0.5) is 11.4 Å². The average Bonchev–Trinajstić information content (AvgIpc) is 2.90. The molecule has 0 aromatic heterocycles. The van der Waals surface area contributed by atoms with E-state index in [0.29, 0.717) is 11.9 Å². The second-order valence-corrected chi connectivity index (χ2v) is 6.56. The molecule has 1 saturated carbocycles. The first kappa shape index (κ1) is 14.4. The molecule has 0 saturated heterocycles. The van der Waals surface area contributed by atoms with Gasteiger partial charge in [-0.3, -0.25) is 4.79 Å². The molecule has 0 unspecified atom stereocenters. The maximum Gasteiger partial charge on any atom is 0.230 e. The first-order valence-corrected chi connectivity index (χ1v) is 7.93. The Hall–Kier alpha value is -1.55. The van der Waals surface area contributed by atoms with Crippen molar-refractivity contribution in [3.8, 4) is 0 Å². The Labute approximate surface area is 126 Å². The number of fused-ring (bicyclic) bond motifs is 1. The Kier molecular flexibility index (Phi) is 3.89. The molecule has 1 aromatic carbocycles. The summed E-state index contributed by atoms with van der Waals surface area (Å²) in [6.45, 7) is 0.827. The summed E-state index contributed by atoms with van der Waals surface area (Å²) < 4.78 is 0. The number of carbonyl (C=O) groups excluding carboxylic acids is 1. The lowest BCUT2D eigenvalue weighted by atomic mass is 9.85. The maximum atomic E-state index is 12.8. The summed E-state index contributed by atoms with van der Waals surface area (Å²) in [4.78, 5) is 16.9. The fourth-order valence-electron chi connectivity index (χ4n) is 3.46. The van der Waals surface area contributed by atoms with Gasteiger partial charge in [0, 0.05) is 44.0 Å². The summed E-state index contributed by atoms with van der Waals surface area (Å²) in [7, 11) is 4.07. The number of hydrogen-bond acceptors (Lipinski definition) is 3. The van der Waals surface area contributed by atoms with Gasteiger partial charge in [-0.05, 0) is 49.8 Å². The summed E-state index contributed by atoms with van der Waals surface area (Å²) in [5.74, 6) is 0.468. The standard InChI is InChI=1S/C17H25N3O/c1-19(2)15-8-5-12-9-10-20(16(12)11-15)17(21)13-3-6-14(18)7-4-13/h5,8,11,13-14H,3-4,6-7,9-10,18H2,1-2H3. The monoisotopic (exact) mass is 287 g/mol. The minimum atomic E-state index is 0.166. The summed E-state index contributed by atoms with van der Waals surface area (Å²) in [5.41, 5.74) is 9.51. The van der Waals surface area contributed by atoms with Gasteiger partial charge in [0.2, 0.25) is 5.91 Å². The van der Waals surface area contributed by atoms with E-state index in [0.717, 1.165) is 50.0 Å². The molecule has 1 aliphatic carbocycles. The second-order valence-electron chi connectivity index (χ2n) is 6.56. The molecule has 1 fully saturated rings. The van der Waals surface area contributed by atoms with Gasteiger partial charge in [-0.25, -0.2) is 0 Å². The van der Waals surface area contributed by atoms with Crippen LogP contribution in [-0.2, 0) is 11.2 Å². The van der Waals surface area contributed by atoms with E-state index in [2.05, 4.69) is 23.1 Å². The molecule has 1 aromatic rings. The van der Waals surface area contributed by atoms with E-state index in [4.69, 9.17) is 5.73 Å². The number of nitrogens with zero attached hydrogens (tertiary/aromatic N) is 2. The summed E-state index contributed by atoms with van der Waals surface area (Å²) in [5, 5.41) is 0. The van der Waals surface area contributed by atoms with Gasteiger partial charge in [-0.1, -0.05) is 6.07 Å². The first-order chi connectivity index (χ1) is 10.1. The van der Waals surface area contributed by atoms with Gasteiger partial charge in [-0.2, -0.15) is 0 Å². The molecule has 4 heteroatoms. The van der Waals surface area contributed by atoms with Gasteiger partial charge in [0.25, 0.3) is 0 Å². The lowest BCUT2D eigenvalue weighted by molar-refractivity contribution is -0.123. The van der Waals surface area contributed by atoms with Gasteiger partial charge in [0.05, 0.1) is 0 Å². The zero-order chi connectivity index (χ0) is 15.0. The number of carbonyl (C=O) groups is 1. The van der Waals surface area contributed by atoms with Crippen molar-refractivity contribution in [2.75, 3.05) is 30.4 Å².